The summed E-state index contributed by atoms with van der Waals surface area (Å²) in [6, 6.07) is 7.39. The Hall–Kier alpha value is -1.35. The van der Waals surface area contributed by atoms with Crippen LogP contribution in [0.5, 0.6) is 0 Å². The van der Waals surface area contributed by atoms with E-state index in [-0.39, 0.29) is 5.97 Å². The van der Waals surface area contributed by atoms with Crippen molar-refractivity contribution < 1.29 is 14.3 Å². The molecule has 1 aromatic carbocycles. The van der Waals surface area contributed by atoms with E-state index in [2.05, 4.69) is 4.74 Å². The van der Waals surface area contributed by atoms with Crippen LogP contribution in [0.3, 0.4) is 0 Å². The van der Waals surface area contributed by atoms with E-state index < -0.39 is 0 Å². The zero-order valence-electron chi connectivity index (χ0n) is 8.45. The van der Waals surface area contributed by atoms with E-state index in [9.17, 15) is 4.79 Å². The van der Waals surface area contributed by atoms with Gasteiger partial charge in [0.15, 0.2) is 0 Å². The molecule has 0 fully saturated rings. The minimum atomic E-state index is -0.295. The number of rotatable bonds is 4. The molecule has 0 atom stereocenters. The number of carbonyl (C=O) groups is 1. The fraction of sp³-hybridized carbons (Fsp3) is 0.364. The third kappa shape index (κ3) is 2.57. The van der Waals surface area contributed by atoms with E-state index in [1.807, 2.05) is 18.2 Å². The van der Waals surface area contributed by atoms with Crippen LogP contribution in [0.1, 0.15) is 15.9 Å². The van der Waals surface area contributed by atoms with Crippen molar-refractivity contribution in [2.24, 2.45) is 0 Å². The SMILES string of the molecule is COCCc1ccccc1C(=O)OC. The van der Waals surface area contributed by atoms with E-state index in [1.54, 1.807) is 13.2 Å². The second-order valence-electron chi connectivity index (χ2n) is 2.89. The highest BCUT2D eigenvalue weighted by Gasteiger charge is 2.09. The largest absolute Gasteiger partial charge is 0.465 e. The van der Waals surface area contributed by atoms with Crippen molar-refractivity contribution >= 4 is 5.97 Å². The Morgan fingerprint density at radius 1 is 1.29 bits per heavy atom. The highest BCUT2D eigenvalue weighted by atomic mass is 16.5. The van der Waals surface area contributed by atoms with Crippen LogP contribution in [-0.2, 0) is 15.9 Å². The van der Waals surface area contributed by atoms with Crippen LogP contribution in [0.25, 0.3) is 0 Å². The molecule has 3 heteroatoms. The summed E-state index contributed by atoms with van der Waals surface area (Å²) in [7, 11) is 3.02. The maximum absolute atomic E-state index is 11.3. The van der Waals surface area contributed by atoms with Crippen molar-refractivity contribution in [2.45, 2.75) is 6.42 Å². The van der Waals surface area contributed by atoms with Crippen molar-refractivity contribution in [3.63, 3.8) is 0 Å². The zero-order valence-corrected chi connectivity index (χ0v) is 8.45. The van der Waals surface area contributed by atoms with Gasteiger partial charge in [0.25, 0.3) is 0 Å². The van der Waals surface area contributed by atoms with Gasteiger partial charge >= 0.3 is 5.97 Å². The quantitative estimate of drug-likeness (QED) is 0.684. The van der Waals surface area contributed by atoms with Gasteiger partial charge in [0.1, 0.15) is 0 Å². The topological polar surface area (TPSA) is 35.5 Å². The molecule has 0 aliphatic heterocycles. The van der Waals surface area contributed by atoms with Crippen LogP contribution in [0, 0.1) is 0 Å². The van der Waals surface area contributed by atoms with Gasteiger partial charge in [-0.1, -0.05) is 18.2 Å². The molecule has 0 saturated carbocycles. The van der Waals surface area contributed by atoms with Gasteiger partial charge in [-0.15, -0.1) is 0 Å². The van der Waals surface area contributed by atoms with Crippen LogP contribution in [0.15, 0.2) is 24.3 Å². The van der Waals surface area contributed by atoms with Gasteiger partial charge in [-0.05, 0) is 18.1 Å². The van der Waals surface area contributed by atoms with E-state index in [0.717, 1.165) is 12.0 Å². The van der Waals surface area contributed by atoms with Gasteiger partial charge in [-0.25, -0.2) is 4.79 Å². The highest BCUT2D eigenvalue weighted by Crippen LogP contribution is 2.10. The van der Waals surface area contributed by atoms with Crippen molar-refractivity contribution in [1.82, 2.24) is 0 Å². The summed E-state index contributed by atoms with van der Waals surface area (Å²) in [5.74, 6) is -0.295. The third-order valence-electron chi connectivity index (χ3n) is 2.00. The second-order valence-corrected chi connectivity index (χ2v) is 2.89. The van der Waals surface area contributed by atoms with E-state index >= 15 is 0 Å². The molecule has 0 spiro atoms. The lowest BCUT2D eigenvalue weighted by molar-refractivity contribution is 0.0599. The summed E-state index contributed by atoms with van der Waals surface area (Å²) in [5.41, 5.74) is 1.58. The number of methoxy groups -OCH3 is 2. The van der Waals surface area contributed by atoms with Gasteiger partial charge in [-0.2, -0.15) is 0 Å². The summed E-state index contributed by atoms with van der Waals surface area (Å²) in [4.78, 5) is 11.3. The van der Waals surface area contributed by atoms with Crippen molar-refractivity contribution in [3.8, 4) is 0 Å². The number of hydrogen-bond acceptors (Lipinski definition) is 3. The molecule has 0 unspecified atom stereocenters. The van der Waals surface area contributed by atoms with E-state index in [0.29, 0.717) is 12.2 Å². The number of hydrogen-bond donors (Lipinski definition) is 0. The summed E-state index contributed by atoms with van der Waals surface area (Å²) < 4.78 is 9.64. The summed E-state index contributed by atoms with van der Waals surface area (Å²) in [5, 5.41) is 0. The smallest absolute Gasteiger partial charge is 0.338 e. The van der Waals surface area contributed by atoms with Crippen LogP contribution >= 0.6 is 0 Å². The summed E-state index contributed by atoms with van der Waals surface area (Å²) in [6.07, 6.45) is 0.724. The Morgan fingerprint density at radius 3 is 2.64 bits per heavy atom. The molecule has 76 valence electrons. The summed E-state index contributed by atoms with van der Waals surface area (Å²) in [6.45, 7) is 0.605. The average molecular weight is 194 g/mol. The molecular formula is C11H14O3. The molecule has 0 heterocycles. The second kappa shape index (κ2) is 5.40. The Kier molecular flexibility index (Phi) is 4.13. The molecule has 0 aliphatic carbocycles. The highest BCUT2D eigenvalue weighted by molar-refractivity contribution is 5.90. The van der Waals surface area contributed by atoms with Crippen molar-refractivity contribution in [1.29, 1.82) is 0 Å². The lowest BCUT2D eigenvalue weighted by Crippen LogP contribution is -2.07. The first-order valence-corrected chi connectivity index (χ1v) is 4.44. The van der Waals surface area contributed by atoms with Gasteiger partial charge in [0.05, 0.1) is 19.3 Å². The molecule has 0 saturated heterocycles. The first-order valence-electron chi connectivity index (χ1n) is 4.44. The zero-order chi connectivity index (χ0) is 10.4. The molecule has 1 rings (SSSR count). The standard InChI is InChI=1S/C11H14O3/c1-13-8-7-9-5-3-4-6-10(9)11(12)14-2/h3-6H,7-8H2,1-2H3. The van der Waals surface area contributed by atoms with Crippen molar-refractivity contribution in [3.05, 3.63) is 35.4 Å². The molecule has 0 N–H and O–H groups in total. The Morgan fingerprint density at radius 2 is 2.00 bits per heavy atom. The van der Waals surface area contributed by atoms with Gasteiger partial charge in [0.2, 0.25) is 0 Å². The Bertz CT molecular complexity index is 307. The fourth-order valence-corrected chi connectivity index (χ4v) is 1.26. The van der Waals surface area contributed by atoms with Crippen molar-refractivity contribution in [2.75, 3.05) is 20.8 Å². The molecule has 0 bridgehead atoms. The predicted molar refractivity (Wildman–Crippen MR) is 53.4 cm³/mol. The average Bonchev–Trinajstić information content (AvgIpc) is 2.25. The van der Waals surface area contributed by atoms with Gasteiger partial charge < -0.3 is 9.47 Å². The molecule has 14 heavy (non-hydrogen) atoms. The van der Waals surface area contributed by atoms with Crippen LogP contribution in [0.4, 0.5) is 0 Å². The first kappa shape index (κ1) is 10.7. The number of esters is 1. The minimum Gasteiger partial charge on any atom is -0.465 e. The lowest BCUT2D eigenvalue weighted by Gasteiger charge is -2.06. The summed E-state index contributed by atoms with van der Waals surface area (Å²) >= 11 is 0. The minimum absolute atomic E-state index is 0.295. The van der Waals surface area contributed by atoms with E-state index in [1.165, 1.54) is 7.11 Å². The van der Waals surface area contributed by atoms with Gasteiger partial charge in [0, 0.05) is 7.11 Å². The Balaban J connectivity index is 2.85. The number of carbonyl (C=O) groups excluding carboxylic acids is 1. The molecule has 0 radical (unpaired) electrons. The van der Waals surface area contributed by atoms with Crippen LogP contribution < -0.4 is 0 Å². The first-order chi connectivity index (χ1) is 6.79. The maximum atomic E-state index is 11.3. The number of ether oxygens (including phenoxy) is 2. The van der Waals surface area contributed by atoms with Crippen LogP contribution in [-0.4, -0.2) is 26.8 Å². The normalized spacial score (nSPS) is 9.86. The maximum Gasteiger partial charge on any atom is 0.338 e. The predicted octanol–water partition coefficient (Wildman–Crippen LogP) is 1.66. The van der Waals surface area contributed by atoms with Crippen LogP contribution in [0.2, 0.25) is 0 Å². The molecular weight excluding hydrogens is 180 g/mol. The fourth-order valence-electron chi connectivity index (χ4n) is 1.26. The molecule has 0 aromatic heterocycles. The Labute approximate surface area is 83.6 Å². The monoisotopic (exact) mass is 194 g/mol. The molecule has 0 aliphatic rings. The molecule has 1 aromatic rings. The van der Waals surface area contributed by atoms with E-state index in [4.69, 9.17) is 4.74 Å². The lowest BCUT2D eigenvalue weighted by atomic mass is 10.1. The third-order valence-corrected chi connectivity index (χ3v) is 2.00. The van der Waals surface area contributed by atoms with Gasteiger partial charge in [-0.3, -0.25) is 0 Å². The number of benzene rings is 1. The molecule has 0 amide bonds. The molecule has 3 nitrogen and oxygen atoms in total.